The molecule has 0 N–H and O–H groups in total. The summed E-state index contributed by atoms with van der Waals surface area (Å²) in [5.74, 6) is 0.563. The minimum absolute atomic E-state index is 0.0938. The molecule has 0 aliphatic rings. The van der Waals surface area contributed by atoms with E-state index in [1.54, 1.807) is 30.3 Å². The Kier molecular flexibility index (Phi) is 6.09. The normalized spacial score (nSPS) is 10.4. The van der Waals surface area contributed by atoms with Gasteiger partial charge in [0.1, 0.15) is 0 Å². The Hall–Kier alpha value is -1.03. The minimum atomic E-state index is 0.0938. The van der Waals surface area contributed by atoms with Crippen LogP contribution in [0.2, 0.25) is 10.0 Å². The molecule has 2 rings (SSSR count). The van der Waals surface area contributed by atoms with Crippen molar-refractivity contribution >= 4 is 44.9 Å². The molecule has 0 heterocycles. The second-order valence-corrected chi connectivity index (χ2v) is 6.16. The lowest BCUT2D eigenvalue weighted by molar-refractivity contribution is 0.0973. The highest BCUT2D eigenvalue weighted by Crippen LogP contribution is 2.32. The van der Waals surface area contributed by atoms with Gasteiger partial charge in [0.2, 0.25) is 0 Å². The molecule has 0 aliphatic carbocycles. The van der Waals surface area contributed by atoms with E-state index in [2.05, 4.69) is 15.9 Å². The number of ketones is 1. The first kappa shape index (κ1) is 16.3. The van der Waals surface area contributed by atoms with Crippen molar-refractivity contribution in [2.45, 2.75) is 12.8 Å². The lowest BCUT2D eigenvalue weighted by atomic mass is 10.1. The molecule has 0 radical (unpaired) electrons. The van der Waals surface area contributed by atoms with E-state index in [0.29, 0.717) is 40.8 Å². The maximum absolute atomic E-state index is 12.0. The van der Waals surface area contributed by atoms with Gasteiger partial charge in [-0.05, 0) is 30.7 Å². The van der Waals surface area contributed by atoms with Crippen molar-refractivity contribution in [3.05, 3.63) is 62.5 Å². The number of halogens is 3. The summed E-state index contributed by atoms with van der Waals surface area (Å²) >= 11 is 15.3. The smallest absolute Gasteiger partial charge is 0.163 e. The maximum Gasteiger partial charge on any atom is 0.163 e. The molecule has 2 nitrogen and oxygen atoms in total. The van der Waals surface area contributed by atoms with Crippen LogP contribution in [0.4, 0.5) is 0 Å². The number of para-hydroxylation sites is 1. The molecule has 0 saturated carbocycles. The fourth-order valence-electron chi connectivity index (χ4n) is 1.81. The number of carbonyl (C=O) groups excluding carboxylic acids is 1. The number of rotatable bonds is 6. The molecule has 21 heavy (non-hydrogen) atoms. The summed E-state index contributed by atoms with van der Waals surface area (Å²) in [4.78, 5) is 12.0. The topological polar surface area (TPSA) is 26.3 Å². The second-order valence-electron chi connectivity index (χ2n) is 4.43. The van der Waals surface area contributed by atoms with Crippen LogP contribution in [0.3, 0.4) is 0 Å². The molecule has 0 spiro atoms. The molecule has 0 unspecified atom stereocenters. The van der Waals surface area contributed by atoms with Gasteiger partial charge in [0.05, 0.1) is 16.7 Å². The first-order valence-electron chi connectivity index (χ1n) is 6.43. The van der Waals surface area contributed by atoms with Gasteiger partial charge < -0.3 is 4.74 Å². The molecule has 2 aromatic carbocycles. The average molecular weight is 388 g/mol. The zero-order chi connectivity index (χ0) is 15.2. The fraction of sp³-hybridized carbons (Fsp3) is 0.188. The quantitative estimate of drug-likeness (QED) is 0.462. The Labute approximate surface area is 142 Å². The summed E-state index contributed by atoms with van der Waals surface area (Å²) < 4.78 is 6.50. The van der Waals surface area contributed by atoms with Gasteiger partial charge in [-0.3, -0.25) is 4.79 Å². The van der Waals surface area contributed by atoms with Crippen LogP contribution in [0.1, 0.15) is 23.2 Å². The van der Waals surface area contributed by atoms with Crippen molar-refractivity contribution < 1.29 is 9.53 Å². The molecule has 0 aliphatic heterocycles. The first-order valence-corrected chi connectivity index (χ1v) is 7.98. The third kappa shape index (κ3) is 4.73. The first-order chi connectivity index (χ1) is 10.1. The molecule has 5 heteroatoms. The average Bonchev–Trinajstić information content (AvgIpc) is 2.46. The van der Waals surface area contributed by atoms with Crippen LogP contribution < -0.4 is 4.74 Å². The molecular formula is C16H13BrCl2O2. The number of benzene rings is 2. The molecule has 110 valence electrons. The zero-order valence-corrected chi connectivity index (χ0v) is 14.2. The van der Waals surface area contributed by atoms with Crippen LogP contribution in [0.15, 0.2) is 46.9 Å². The van der Waals surface area contributed by atoms with E-state index in [-0.39, 0.29) is 5.78 Å². The molecule has 0 saturated heterocycles. The van der Waals surface area contributed by atoms with Gasteiger partial charge in [-0.1, -0.05) is 57.3 Å². The van der Waals surface area contributed by atoms with Gasteiger partial charge in [-0.2, -0.15) is 0 Å². The highest BCUT2D eigenvalue weighted by atomic mass is 79.9. The predicted molar refractivity (Wildman–Crippen MR) is 89.7 cm³/mol. The Morgan fingerprint density at radius 1 is 1.05 bits per heavy atom. The highest BCUT2D eigenvalue weighted by Gasteiger charge is 2.08. The van der Waals surface area contributed by atoms with Gasteiger partial charge >= 0.3 is 0 Å². The number of hydrogen-bond donors (Lipinski definition) is 0. The van der Waals surface area contributed by atoms with Crippen molar-refractivity contribution in [1.29, 1.82) is 0 Å². The summed E-state index contributed by atoms with van der Waals surface area (Å²) in [7, 11) is 0. The Morgan fingerprint density at radius 2 is 1.67 bits per heavy atom. The Bertz CT molecular complexity index is 606. The monoisotopic (exact) mass is 386 g/mol. The third-order valence-electron chi connectivity index (χ3n) is 2.88. The van der Waals surface area contributed by atoms with Gasteiger partial charge in [0, 0.05) is 16.5 Å². The SMILES string of the molecule is O=C(CCCOc1c(Cl)cccc1Cl)c1ccc(Br)cc1. The molecule has 0 fully saturated rings. The van der Waals surface area contributed by atoms with E-state index in [0.717, 1.165) is 4.47 Å². The molecule has 0 bridgehead atoms. The van der Waals surface area contributed by atoms with Crippen LogP contribution in [-0.4, -0.2) is 12.4 Å². The summed E-state index contributed by atoms with van der Waals surface area (Å²) in [6.07, 6.45) is 1.03. The lowest BCUT2D eigenvalue weighted by Crippen LogP contribution is -2.04. The van der Waals surface area contributed by atoms with Crippen LogP contribution in [0, 0.1) is 0 Å². The summed E-state index contributed by atoms with van der Waals surface area (Å²) in [5, 5.41) is 0.948. The van der Waals surface area contributed by atoms with Gasteiger partial charge in [-0.15, -0.1) is 0 Å². The van der Waals surface area contributed by atoms with E-state index < -0.39 is 0 Å². The molecule has 0 atom stereocenters. The minimum Gasteiger partial charge on any atom is -0.490 e. The lowest BCUT2D eigenvalue weighted by Gasteiger charge is -2.09. The van der Waals surface area contributed by atoms with Crippen molar-refractivity contribution in [3.8, 4) is 5.75 Å². The standard InChI is InChI=1S/C16H13BrCl2O2/c17-12-8-6-11(7-9-12)15(20)5-2-10-21-16-13(18)3-1-4-14(16)19/h1,3-4,6-9H,2,5,10H2. The predicted octanol–water partition coefficient (Wildman–Crippen LogP) is 5.80. The largest absolute Gasteiger partial charge is 0.490 e. The van der Waals surface area contributed by atoms with Crippen LogP contribution in [-0.2, 0) is 0 Å². The Morgan fingerprint density at radius 3 is 2.29 bits per heavy atom. The molecular weight excluding hydrogens is 375 g/mol. The summed E-state index contributed by atoms with van der Waals surface area (Å²) in [6.45, 7) is 0.395. The van der Waals surface area contributed by atoms with Crippen molar-refractivity contribution in [2.75, 3.05) is 6.61 Å². The number of ether oxygens (including phenoxy) is 1. The fourth-order valence-corrected chi connectivity index (χ4v) is 2.58. The van der Waals surface area contributed by atoms with Crippen LogP contribution in [0.25, 0.3) is 0 Å². The molecule has 0 amide bonds. The molecule has 2 aromatic rings. The second kappa shape index (κ2) is 7.83. The number of carbonyl (C=O) groups is 1. The van der Waals surface area contributed by atoms with E-state index >= 15 is 0 Å². The molecule has 0 aromatic heterocycles. The maximum atomic E-state index is 12.0. The number of hydrogen-bond acceptors (Lipinski definition) is 2. The van der Waals surface area contributed by atoms with Gasteiger partial charge in [0.15, 0.2) is 11.5 Å². The van der Waals surface area contributed by atoms with E-state index in [4.69, 9.17) is 27.9 Å². The van der Waals surface area contributed by atoms with Crippen molar-refractivity contribution in [2.24, 2.45) is 0 Å². The summed E-state index contributed by atoms with van der Waals surface area (Å²) in [6, 6.07) is 12.5. The van der Waals surface area contributed by atoms with Crippen LogP contribution in [0.5, 0.6) is 5.75 Å². The third-order valence-corrected chi connectivity index (χ3v) is 4.00. The summed E-state index contributed by atoms with van der Waals surface area (Å²) in [5.41, 5.74) is 0.703. The van der Waals surface area contributed by atoms with E-state index in [1.165, 1.54) is 0 Å². The van der Waals surface area contributed by atoms with Gasteiger partial charge in [0.25, 0.3) is 0 Å². The van der Waals surface area contributed by atoms with Crippen molar-refractivity contribution in [1.82, 2.24) is 0 Å². The van der Waals surface area contributed by atoms with Gasteiger partial charge in [-0.25, -0.2) is 0 Å². The highest BCUT2D eigenvalue weighted by molar-refractivity contribution is 9.10. The van der Waals surface area contributed by atoms with Crippen LogP contribution >= 0.6 is 39.1 Å². The Balaban J connectivity index is 1.82. The van der Waals surface area contributed by atoms with E-state index in [1.807, 2.05) is 12.1 Å². The number of Topliss-reactive ketones (excluding diaryl/α,β-unsaturated/α-hetero) is 1. The zero-order valence-electron chi connectivity index (χ0n) is 11.1. The van der Waals surface area contributed by atoms with E-state index in [9.17, 15) is 4.79 Å². The van der Waals surface area contributed by atoms with Crippen molar-refractivity contribution in [3.63, 3.8) is 0 Å².